The van der Waals surface area contributed by atoms with Gasteiger partial charge in [0.25, 0.3) is 0 Å². The van der Waals surface area contributed by atoms with Gasteiger partial charge in [0.05, 0.1) is 0 Å². The highest BCUT2D eigenvalue weighted by Gasteiger charge is 2.39. The fourth-order valence-corrected chi connectivity index (χ4v) is 3.75. The number of nitrogens with one attached hydrogen (secondary N) is 1. The van der Waals surface area contributed by atoms with E-state index in [-0.39, 0.29) is 0 Å². The normalized spacial score (nSPS) is 32.0. The van der Waals surface area contributed by atoms with Crippen molar-refractivity contribution < 1.29 is 0 Å². The lowest BCUT2D eigenvalue weighted by Crippen LogP contribution is -2.26. The zero-order valence-electron chi connectivity index (χ0n) is 9.67. The van der Waals surface area contributed by atoms with Crippen LogP contribution < -0.4 is 5.32 Å². The lowest BCUT2D eigenvalue weighted by atomic mass is 9.95. The molecule has 0 amide bonds. The van der Waals surface area contributed by atoms with Gasteiger partial charge in [-0.05, 0) is 55.7 Å². The van der Waals surface area contributed by atoms with E-state index in [2.05, 4.69) is 46.4 Å². The molecule has 2 aliphatic carbocycles. The topological polar surface area (TPSA) is 12.0 Å². The Morgan fingerprint density at radius 3 is 2.81 bits per heavy atom. The van der Waals surface area contributed by atoms with Crippen molar-refractivity contribution in [1.82, 2.24) is 0 Å². The molecule has 0 aliphatic heterocycles. The van der Waals surface area contributed by atoms with E-state index in [9.17, 15) is 0 Å². The summed E-state index contributed by atoms with van der Waals surface area (Å²) in [6.45, 7) is 2.18. The molecule has 2 bridgehead atoms. The minimum Gasteiger partial charge on any atom is -0.382 e. The van der Waals surface area contributed by atoms with Crippen molar-refractivity contribution in [2.45, 2.75) is 38.6 Å². The highest BCUT2D eigenvalue weighted by atomic mass is 79.9. The molecule has 1 aromatic carbocycles. The Morgan fingerprint density at radius 1 is 1.25 bits per heavy atom. The Kier molecular flexibility index (Phi) is 2.70. The summed E-state index contributed by atoms with van der Waals surface area (Å²) in [6, 6.07) is 7.16. The van der Waals surface area contributed by atoms with Crippen molar-refractivity contribution in [2.75, 3.05) is 5.32 Å². The van der Waals surface area contributed by atoms with Crippen LogP contribution in [0.3, 0.4) is 0 Å². The molecule has 2 saturated carbocycles. The maximum absolute atomic E-state index is 3.75. The lowest BCUT2D eigenvalue weighted by Gasteiger charge is -2.25. The maximum atomic E-state index is 3.75. The fourth-order valence-electron chi connectivity index (χ4n) is 3.39. The second-order valence-corrected chi connectivity index (χ2v) is 6.19. The molecule has 3 unspecified atom stereocenters. The number of benzene rings is 1. The molecule has 0 saturated heterocycles. The number of fused-ring (bicyclic) bond motifs is 2. The van der Waals surface area contributed by atoms with E-state index in [1.165, 1.54) is 41.4 Å². The monoisotopic (exact) mass is 279 g/mol. The highest BCUT2D eigenvalue weighted by molar-refractivity contribution is 9.10. The fraction of sp³-hybridized carbons (Fsp3) is 0.571. The van der Waals surface area contributed by atoms with Crippen LogP contribution in [0, 0.1) is 18.8 Å². The van der Waals surface area contributed by atoms with Gasteiger partial charge in [-0.2, -0.15) is 0 Å². The minimum atomic E-state index is 0.728. The van der Waals surface area contributed by atoms with Crippen molar-refractivity contribution in [2.24, 2.45) is 11.8 Å². The zero-order chi connectivity index (χ0) is 11.1. The van der Waals surface area contributed by atoms with E-state index in [1.54, 1.807) is 0 Å². The van der Waals surface area contributed by atoms with E-state index < -0.39 is 0 Å². The van der Waals surface area contributed by atoms with E-state index in [4.69, 9.17) is 0 Å². The van der Waals surface area contributed by atoms with Crippen LogP contribution in [0.1, 0.15) is 31.2 Å². The molecule has 0 aromatic heterocycles. The number of anilines is 1. The third kappa shape index (κ3) is 1.77. The van der Waals surface area contributed by atoms with Gasteiger partial charge in [-0.25, -0.2) is 0 Å². The first-order valence-electron chi connectivity index (χ1n) is 6.25. The molecule has 3 atom stereocenters. The van der Waals surface area contributed by atoms with Crippen molar-refractivity contribution in [3.05, 3.63) is 28.2 Å². The molecule has 0 heterocycles. The van der Waals surface area contributed by atoms with Gasteiger partial charge in [-0.1, -0.05) is 28.4 Å². The average molecular weight is 280 g/mol. The Hall–Kier alpha value is -0.500. The molecule has 2 heteroatoms. The van der Waals surface area contributed by atoms with Gasteiger partial charge in [0.1, 0.15) is 0 Å². The molecular formula is C14H18BrN. The van der Waals surface area contributed by atoms with Crippen LogP contribution in [-0.4, -0.2) is 6.04 Å². The number of hydrogen-bond acceptors (Lipinski definition) is 1. The van der Waals surface area contributed by atoms with Gasteiger partial charge in [0.15, 0.2) is 0 Å². The number of hydrogen-bond donors (Lipinski definition) is 1. The first kappa shape index (κ1) is 10.6. The lowest BCUT2D eigenvalue weighted by molar-refractivity contribution is 0.439. The summed E-state index contributed by atoms with van der Waals surface area (Å²) in [5.41, 5.74) is 2.65. The van der Waals surface area contributed by atoms with Gasteiger partial charge in [-0.15, -0.1) is 0 Å². The highest BCUT2D eigenvalue weighted by Crippen LogP contribution is 2.45. The second-order valence-electron chi connectivity index (χ2n) is 5.34. The minimum absolute atomic E-state index is 0.728. The van der Waals surface area contributed by atoms with Crippen molar-refractivity contribution in [1.29, 1.82) is 0 Å². The predicted molar refractivity (Wildman–Crippen MR) is 71.7 cm³/mol. The Bertz CT molecular complexity index is 402. The van der Waals surface area contributed by atoms with E-state index in [0.29, 0.717) is 0 Å². The van der Waals surface area contributed by atoms with Crippen LogP contribution in [0.2, 0.25) is 0 Å². The SMILES string of the molecule is Cc1c(Br)cccc1NC1CC2CCC1C2. The summed E-state index contributed by atoms with van der Waals surface area (Å²) >= 11 is 3.60. The van der Waals surface area contributed by atoms with Gasteiger partial charge in [0, 0.05) is 16.2 Å². The average Bonchev–Trinajstić information content (AvgIpc) is 2.86. The van der Waals surface area contributed by atoms with Crippen LogP contribution in [-0.2, 0) is 0 Å². The van der Waals surface area contributed by atoms with Gasteiger partial charge < -0.3 is 5.32 Å². The summed E-state index contributed by atoms with van der Waals surface area (Å²) in [6.07, 6.45) is 5.76. The molecule has 0 spiro atoms. The molecule has 1 N–H and O–H groups in total. The predicted octanol–water partition coefficient (Wildman–Crippen LogP) is 4.36. The smallest absolute Gasteiger partial charge is 0.0383 e. The molecular weight excluding hydrogens is 262 g/mol. The third-order valence-electron chi connectivity index (χ3n) is 4.35. The van der Waals surface area contributed by atoms with Crippen LogP contribution >= 0.6 is 15.9 Å². The van der Waals surface area contributed by atoms with E-state index >= 15 is 0 Å². The van der Waals surface area contributed by atoms with Gasteiger partial charge in [-0.3, -0.25) is 0 Å². The van der Waals surface area contributed by atoms with Crippen LogP contribution in [0.5, 0.6) is 0 Å². The summed E-state index contributed by atoms with van der Waals surface area (Å²) in [4.78, 5) is 0. The first-order chi connectivity index (χ1) is 7.74. The van der Waals surface area contributed by atoms with Gasteiger partial charge >= 0.3 is 0 Å². The molecule has 1 aromatic rings. The molecule has 3 rings (SSSR count). The standard InChI is InChI=1S/C14H18BrN/c1-9-12(15)3-2-4-13(9)16-14-8-10-5-6-11(14)7-10/h2-4,10-11,14,16H,5-8H2,1H3. The summed E-state index contributed by atoms with van der Waals surface area (Å²) in [5, 5.41) is 3.75. The van der Waals surface area contributed by atoms with E-state index in [1.807, 2.05) is 0 Å². The van der Waals surface area contributed by atoms with Gasteiger partial charge in [0.2, 0.25) is 0 Å². The van der Waals surface area contributed by atoms with Crippen LogP contribution in [0.4, 0.5) is 5.69 Å². The molecule has 2 fully saturated rings. The Labute approximate surface area is 106 Å². The Balaban J connectivity index is 1.77. The number of rotatable bonds is 2. The molecule has 1 nitrogen and oxygen atoms in total. The Morgan fingerprint density at radius 2 is 2.12 bits per heavy atom. The zero-order valence-corrected chi connectivity index (χ0v) is 11.3. The van der Waals surface area contributed by atoms with Crippen molar-refractivity contribution in [3.63, 3.8) is 0 Å². The quantitative estimate of drug-likeness (QED) is 0.848. The first-order valence-corrected chi connectivity index (χ1v) is 7.05. The summed E-state index contributed by atoms with van der Waals surface area (Å²) < 4.78 is 1.21. The largest absolute Gasteiger partial charge is 0.382 e. The maximum Gasteiger partial charge on any atom is 0.0383 e. The van der Waals surface area contributed by atoms with Crippen LogP contribution in [0.25, 0.3) is 0 Å². The summed E-state index contributed by atoms with van der Waals surface area (Å²) in [7, 11) is 0. The third-order valence-corrected chi connectivity index (χ3v) is 5.21. The van der Waals surface area contributed by atoms with E-state index in [0.717, 1.165) is 17.9 Å². The number of halogens is 1. The second kappa shape index (κ2) is 4.06. The molecule has 86 valence electrons. The van der Waals surface area contributed by atoms with Crippen molar-refractivity contribution in [3.8, 4) is 0 Å². The molecule has 16 heavy (non-hydrogen) atoms. The molecule has 2 aliphatic rings. The summed E-state index contributed by atoms with van der Waals surface area (Å²) in [5.74, 6) is 1.94. The van der Waals surface area contributed by atoms with Crippen molar-refractivity contribution >= 4 is 21.6 Å². The molecule has 0 radical (unpaired) electrons. The van der Waals surface area contributed by atoms with Crippen LogP contribution in [0.15, 0.2) is 22.7 Å².